The number of methoxy groups -OCH3 is 1. The molecule has 0 heterocycles. The summed E-state index contributed by atoms with van der Waals surface area (Å²) in [6.07, 6.45) is 0. The first-order chi connectivity index (χ1) is 13.1. The van der Waals surface area contributed by atoms with Crippen molar-refractivity contribution >= 4 is 40.5 Å². The summed E-state index contributed by atoms with van der Waals surface area (Å²) >= 11 is 6.19. The van der Waals surface area contributed by atoms with Crippen molar-refractivity contribution in [1.82, 2.24) is 0 Å². The summed E-state index contributed by atoms with van der Waals surface area (Å²) in [6.45, 7) is 0. The number of anilines is 3. The number of amides is 1. The summed E-state index contributed by atoms with van der Waals surface area (Å²) in [5.41, 5.74) is 3.00. The van der Waals surface area contributed by atoms with E-state index in [0.717, 1.165) is 5.69 Å². The second kappa shape index (κ2) is 8.38. The number of hydrogen-bond donors (Lipinski definition) is 2. The zero-order valence-electron chi connectivity index (χ0n) is 14.5. The van der Waals surface area contributed by atoms with Crippen LogP contribution in [0.4, 0.5) is 17.1 Å². The number of carbonyl (C=O) groups excluding carboxylic acids is 2. The molecule has 6 heteroatoms. The average Bonchev–Trinajstić information content (AvgIpc) is 2.71. The number of esters is 1. The van der Waals surface area contributed by atoms with Crippen molar-refractivity contribution in [2.75, 3.05) is 17.7 Å². The van der Waals surface area contributed by atoms with Crippen LogP contribution < -0.4 is 10.6 Å². The molecule has 27 heavy (non-hydrogen) atoms. The van der Waals surface area contributed by atoms with E-state index in [0.29, 0.717) is 27.5 Å². The fourth-order valence-electron chi connectivity index (χ4n) is 2.45. The van der Waals surface area contributed by atoms with E-state index in [1.807, 2.05) is 30.3 Å². The van der Waals surface area contributed by atoms with Crippen LogP contribution in [0.25, 0.3) is 0 Å². The van der Waals surface area contributed by atoms with E-state index in [4.69, 9.17) is 16.3 Å². The molecule has 0 aliphatic rings. The summed E-state index contributed by atoms with van der Waals surface area (Å²) in [5, 5.41) is 6.47. The zero-order chi connectivity index (χ0) is 19.2. The Labute approximate surface area is 161 Å². The molecular formula is C21H17ClN2O3. The van der Waals surface area contributed by atoms with Crippen molar-refractivity contribution in [2.45, 2.75) is 0 Å². The van der Waals surface area contributed by atoms with Gasteiger partial charge in [0.25, 0.3) is 5.91 Å². The van der Waals surface area contributed by atoms with Gasteiger partial charge in [-0.2, -0.15) is 0 Å². The zero-order valence-corrected chi connectivity index (χ0v) is 15.3. The molecule has 2 N–H and O–H groups in total. The highest BCUT2D eigenvalue weighted by Crippen LogP contribution is 2.27. The van der Waals surface area contributed by atoms with Crippen LogP contribution in [0.3, 0.4) is 0 Å². The van der Waals surface area contributed by atoms with Crippen LogP contribution in [-0.2, 0) is 4.74 Å². The van der Waals surface area contributed by atoms with Gasteiger partial charge in [0.2, 0.25) is 0 Å². The monoisotopic (exact) mass is 380 g/mol. The highest BCUT2D eigenvalue weighted by atomic mass is 35.5. The predicted molar refractivity (Wildman–Crippen MR) is 107 cm³/mol. The van der Waals surface area contributed by atoms with Crippen molar-refractivity contribution in [3.8, 4) is 0 Å². The molecule has 3 rings (SSSR count). The largest absolute Gasteiger partial charge is 0.465 e. The molecule has 5 nitrogen and oxygen atoms in total. The fraction of sp³-hybridized carbons (Fsp3) is 0.0476. The maximum absolute atomic E-state index is 12.2. The minimum atomic E-state index is -0.436. The Balaban J connectivity index is 1.71. The Hall–Kier alpha value is -3.31. The van der Waals surface area contributed by atoms with E-state index < -0.39 is 5.97 Å². The third-order valence-electron chi connectivity index (χ3n) is 3.85. The first-order valence-corrected chi connectivity index (χ1v) is 8.56. The quantitative estimate of drug-likeness (QED) is 0.602. The van der Waals surface area contributed by atoms with E-state index in [2.05, 4.69) is 10.6 Å². The Bertz CT molecular complexity index is 957. The van der Waals surface area contributed by atoms with Gasteiger partial charge in [0.15, 0.2) is 0 Å². The third-order valence-corrected chi connectivity index (χ3v) is 4.17. The molecule has 0 aliphatic carbocycles. The number of nitrogens with one attached hydrogen (secondary N) is 2. The van der Waals surface area contributed by atoms with Crippen LogP contribution in [0.5, 0.6) is 0 Å². The first kappa shape index (κ1) is 18.5. The molecule has 0 saturated heterocycles. The van der Waals surface area contributed by atoms with Crippen molar-refractivity contribution in [3.05, 3.63) is 88.9 Å². The molecule has 0 bridgehead atoms. The van der Waals surface area contributed by atoms with E-state index in [-0.39, 0.29) is 5.91 Å². The van der Waals surface area contributed by atoms with Gasteiger partial charge >= 0.3 is 5.97 Å². The topological polar surface area (TPSA) is 67.4 Å². The second-order valence-electron chi connectivity index (χ2n) is 5.71. The minimum absolute atomic E-state index is 0.176. The summed E-state index contributed by atoms with van der Waals surface area (Å²) in [4.78, 5) is 23.8. The van der Waals surface area contributed by atoms with Crippen molar-refractivity contribution in [3.63, 3.8) is 0 Å². The van der Waals surface area contributed by atoms with E-state index in [1.54, 1.807) is 42.5 Å². The average molecular weight is 381 g/mol. The molecule has 0 fully saturated rings. The van der Waals surface area contributed by atoms with Crippen LogP contribution in [0.1, 0.15) is 20.7 Å². The van der Waals surface area contributed by atoms with Gasteiger partial charge in [0, 0.05) is 16.9 Å². The molecule has 1 amide bonds. The summed E-state index contributed by atoms with van der Waals surface area (Å²) in [7, 11) is 1.33. The van der Waals surface area contributed by atoms with Crippen molar-refractivity contribution in [1.29, 1.82) is 0 Å². The lowest BCUT2D eigenvalue weighted by molar-refractivity contribution is 0.0600. The summed E-state index contributed by atoms with van der Waals surface area (Å²) < 4.78 is 4.72. The molecule has 0 aromatic heterocycles. The van der Waals surface area contributed by atoms with E-state index >= 15 is 0 Å². The van der Waals surface area contributed by atoms with Crippen LogP contribution in [0.2, 0.25) is 5.02 Å². The predicted octanol–water partition coefficient (Wildman–Crippen LogP) is 5.12. The van der Waals surface area contributed by atoms with Gasteiger partial charge in [0.1, 0.15) is 0 Å². The summed E-state index contributed by atoms with van der Waals surface area (Å²) in [5.74, 6) is -0.612. The number of ether oxygens (including phenoxy) is 1. The van der Waals surface area contributed by atoms with Gasteiger partial charge in [-0.3, -0.25) is 4.79 Å². The van der Waals surface area contributed by atoms with Crippen LogP contribution in [0, 0.1) is 0 Å². The standard InChI is InChI=1S/C21H17ClN2O3/c1-27-21(26)15-7-12-18(22)19(13-15)23-16-8-10-17(11-9-16)24-20(25)14-5-3-2-4-6-14/h2-13,23H,1H3,(H,24,25). The third kappa shape index (κ3) is 4.65. The smallest absolute Gasteiger partial charge is 0.337 e. The molecule has 0 atom stereocenters. The number of carbonyl (C=O) groups is 2. The first-order valence-electron chi connectivity index (χ1n) is 8.18. The molecule has 0 spiro atoms. The molecule has 0 aliphatic heterocycles. The van der Waals surface area contributed by atoms with Gasteiger partial charge < -0.3 is 15.4 Å². The number of halogens is 1. The SMILES string of the molecule is COC(=O)c1ccc(Cl)c(Nc2ccc(NC(=O)c3ccccc3)cc2)c1. The molecule has 136 valence electrons. The molecular weight excluding hydrogens is 364 g/mol. The highest BCUT2D eigenvalue weighted by molar-refractivity contribution is 6.33. The Morgan fingerprint density at radius 3 is 2.19 bits per heavy atom. The number of rotatable bonds is 5. The number of hydrogen-bond acceptors (Lipinski definition) is 4. The maximum Gasteiger partial charge on any atom is 0.337 e. The highest BCUT2D eigenvalue weighted by Gasteiger charge is 2.10. The number of benzene rings is 3. The lowest BCUT2D eigenvalue weighted by Gasteiger charge is -2.11. The van der Waals surface area contributed by atoms with Crippen molar-refractivity contribution in [2.24, 2.45) is 0 Å². The Morgan fingerprint density at radius 1 is 0.852 bits per heavy atom. The lowest BCUT2D eigenvalue weighted by Crippen LogP contribution is -2.11. The summed E-state index contributed by atoms with van der Waals surface area (Å²) in [6, 6.07) is 21.0. The van der Waals surface area contributed by atoms with Crippen molar-refractivity contribution < 1.29 is 14.3 Å². The van der Waals surface area contributed by atoms with Gasteiger partial charge in [-0.25, -0.2) is 4.79 Å². The van der Waals surface area contributed by atoms with Crippen LogP contribution in [-0.4, -0.2) is 19.0 Å². The maximum atomic E-state index is 12.2. The molecule has 0 radical (unpaired) electrons. The Kier molecular flexibility index (Phi) is 5.74. The second-order valence-corrected chi connectivity index (χ2v) is 6.12. The van der Waals surface area contributed by atoms with E-state index in [1.165, 1.54) is 7.11 Å². The van der Waals surface area contributed by atoms with E-state index in [9.17, 15) is 9.59 Å². The van der Waals surface area contributed by atoms with Gasteiger partial charge in [-0.05, 0) is 54.6 Å². The van der Waals surface area contributed by atoms with Crippen LogP contribution in [0.15, 0.2) is 72.8 Å². The van der Waals surface area contributed by atoms with Gasteiger partial charge in [-0.15, -0.1) is 0 Å². The normalized spacial score (nSPS) is 10.1. The van der Waals surface area contributed by atoms with Crippen LogP contribution >= 0.6 is 11.6 Å². The molecule has 3 aromatic rings. The Morgan fingerprint density at radius 2 is 1.52 bits per heavy atom. The molecule has 0 unspecified atom stereocenters. The molecule has 0 saturated carbocycles. The minimum Gasteiger partial charge on any atom is -0.465 e. The fourth-order valence-corrected chi connectivity index (χ4v) is 2.62. The molecule has 3 aromatic carbocycles. The lowest BCUT2D eigenvalue weighted by atomic mass is 10.2. The van der Waals surface area contributed by atoms with Gasteiger partial charge in [0.05, 0.1) is 23.4 Å². The van der Waals surface area contributed by atoms with Gasteiger partial charge in [-0.1, -0.05) is 29.8 Å².